The van der Waals surface area contributed by atoms with E-state index in [4.69, 9.17) is 10.6 Å². The van der Waals surface area contributed by atoms with Crippen LogP contribution in [0.4, 0.5) is 5.13 Å². The predicted molar refractivity (Wildman–Crippen MR) is 168 cm³/mol. The van der Waals surface area contributed by atoms with Gasteiger partial charge in [-0.3, -0.25) is 24.9 Å². The van der Waals surface area contributed by atoms with Crippen molar-refractivity contribution in [1.29, 1.82) is 0 Å². The number of hydrogen-bond acceptors (Lipinski definition) is 14. The van der Waals surface area contributed by atoms with Crippen LogP contribution in [-0.2, 0) is 24.0 Å². The molecule has 1 saturated heterocycles. The number of fused-ring (bicyclic) bond motifs is 2. The molecule has 1 aromatic rings. The minimum Gasteiger partial charge on any atom is -0.478 e. The SMILES string of the molecule is CCN(CC1=C(C(=O)O)N2C(=O)C(NC(=O)/C(=N\OC3(C(=O)O)CCCC3)c3csc(N)n3)[C@@H]2SC1)C1=CC=C2SC=CN2N1. The van der Waals surface area contributed by atoms with Gasteiger partial charge in [-0.25, -0.2) is 14.6 Å². The number of nitrogens with zero attached hydrogens (tertiary/aromatic N) is 5. The lowest BCUT2D eigenvalue weighted by molar-refractivity contribution is -0.165. The maximum Gasteiger partial charge on any atom is 0.352 e. The van der Waals surface area contributed by atoms with E-state index >= 15 is 0 Å². The minimum absolute atomic E-state index is 0.0668. The number of likely N-dealkylation sites (N-methyl/N-ethyl adjacent to an activating group) is 1. The van der Waals surface area contributed by atoms with Crippen LogP contribution in [-0.4, -0.2) is 95.3 Å². The fourth-order valence-corrected chi connectivity index (χ4v) is 8.20. The summed E-state index contributed by atoms with van der Waals surface area (Å²) in [5, 5.41) is 32.4. The Labute approximate surface area is 269 Å². The van der Waals surface area contributed by atoms with Crippen molar-refractivity contribution in [2.75, 3.05) is 24.6 Å². The Morgan fingerprint density at radius 2 is 2.07 bits per heavy atom. The highest BCUT2D eigenvalue weighted by atomic mass is 32.2. The maximum absolute atomic E-state index is 13.5. The molecule has 1 saturated carbocycles. The first-order valence-electron chi connectivity index (χ1n) is 14.1. The number of aromatic nitrogens is 1. The van der Waals surface area contributed by atoms with Crippen LogP contribution in [0.5, 0.6) is 0 Å². The molecule has 2 amide bonds. The highest BCUT2D eigenvalue weighted by molar-refractivity contribution is 8.06. The van der Waals surface area contributed by atoms with Gasteiger partial charge in [-0.1, -0.05) is 16.9 Å². The standard InChI is InChI=1S/C27H30N8O7S3/c1-2-33(16-5-6-17-34(31-16)9-10-43-17)11-14-12-44-23-19(22(37)35(23)20(14)24(38)39)30-21(36)18(15-13-45-26(28)29-15)32-42-27(25(40)41)7-3-4-8-27/h5-6,9-10,13,19,23,31H,2-4,7-8,11-12H2,1H3,(H2,28,29)(H,30,36)(H,38,39)(H,40,41)/b32-18-/t19?,23-/m0/s1. The van der Waals surface area contributed by atoms with Crippen LogP contribution < -0.4 is 16.5 Å². The number of carbonyl (C=O) groups is 4. The van der Waals surface area contributed by atoms with Crippen molar-refractivity contribution >= 4 is 69.5 Å². The number of nitrogens with two attached hydrogens (primary N) is 1. The highest BCUT2D eigenvalue weighted by Crippen LogP contribution is 2.41. The van der Waals surface area contributed by atoms with Crippen molar-refractivity contribution in [2.45, 2.75) is 49.6 Å². The zero-order valence-corrected chi connectivity index (χ0v) is 26.4. The van der Waals surface area contributed by atoms with E-state index in [9.17, 15) is 29.4 Å². The second kappa shape index (κ2) is 12.3. The second-order valence-electron chi connectivity index (χ2n) is 10.7. The van der Waals surface area contributed by atoms with Crippen molar-refractivity contribution in [2.24, 2.45) is 5.16 Å². The Morgan fingerprint density at radius 3 is 2.73 bits per heavy atom. The molecule has 15 nitrogen and oxygen atoms in total. The molecule has 18 heteroatoms. The third-order valence-corrected chi connectivity index (χ3v) is 10.8. The molecule has 4 aliphatic heterocycles. The van der Waals surface area contributed by atoms with Crippen LogP contribution in [0.25, 0.3) is 0 Å². The largest absolute Gasteiger partial charge is 0.478 e. The number of rotatable bonds is 11. The van der Waals surface area contributed by atoms with E-state index in [0.717, 1.165) is 22.2 Å². The molecular weight excluding hydrogens is 645 g/mol. The van der Waals surface area contributed by atoms with Crippen molar-refractivity contribution in [1.82, 2.24) is 30.5 Å². The summed E-state index contributed by atoms with van der Waals surface area (Å²) in [5.74, 6) is -2.72. The fourth-order valence-electron chi connectivity index (χ4n) is 5.63. The number of aliphatic carboxylic acids is 2. The maximum atomic E-state index is 13.5. The number of amides is 2. The van der Waals surface area contributed by atoms with Gasteiger partial charge < -0.3 is 31.0 Å². The minimum atomic E-state index is -1.56. The number of carboxylic acids is 2. The average molecular weight is 675 g/mol. The highest BCUT2D eigenvalue weighted by Gasteiger charge is 2.54. The van der Waals surface area contributed by atoms with E-state index in [2.05, 4.69) is 20.9 Å². The number of carbonyl (C=O) groups excluding carboxylic acids is 2. The van der Waals surface area contributed by atoms with Gasteiger partial charge in [0.05, 0.1) is 5.03 Å². The summed E-state index contributed by atoms with van der Waals surface area (Å²) >= 11 is 3.98. The molecule has 0 radical (unpaired) electrons. The van der Waals surface area contributed by atoms with Crippen molar-refractivity contribution in [3.05, 3.63) is 57.0 Å². The molecule has 45 heavy (non-hydrogen) atoms. The molecule has 6 rings (SSSR count). The normalized spacial score (nSPS) is 23.4. The third-order valence-electron chi connectivity index (χ3n) is 7.99. The number of oxime groups is 1. The van der Waals surface area contributed by atoms with E-state index in [1.165, 1.54) is 22.0 Å². The second-order valence-corrected chi connectivity index (χ2v) is 13.6. The molecule has 1 aliphatic carbocycles. The molecule has 0 aromatic carbocycles. The van der Waals surface area contributed by atoms with Crippen LogP contribution in [0.2, 0.25) is 0 Å². The van der Waals surface area contributed by atoms with Gasteiger partial charge in [0.15, 0.2) is 10.8 Å². The Kier molecular flexibility index (Phi) is 8.45. The van der Waals surface area contributed by atoms with Crippen LogP contribution in [0.1, 0.15) is 38.3 Å². The van der Waals surface area contributed by atoms with Crippen LogP contribution in [0.3, 0.4) is 0 Å². The van der Waals surface area contributed by atoms with Crippen molar-refractivity contribution in [3.63, 3.8) is 0 Å². The lowest BCUT2D eigenvalue weighted by atomic mass is 10.0. The van der Waals surface area contributed by atoms with E-state index in [1.54, 1.807) is 11.8 Å². The third kappa shape index (κ3) is 5.72. The van der Waals surface area contributed by atoms with Gasteiger partial charge >= 0.3 is 11.9 Å². The Bertz CT molecular complexity index is 1600. The summed E-state index contributed by atoms with van der Waals surface area (Å²) in [6.07, 6.45) is 7.54. The van der Waals surface area contributed by atoms with Crippen molar-refractivity contribution in [3.8, 4) is 0 Å². The summed E-state index contributed by atoms with van der Waals surface area (Å²) in [7, 11) is 0. The first-order chi connectivity index (χ1) is 21.6. The number of allylic oxidation sites excluding steroid dienone is 2. The molecule has 1 aromatic heterocycles. The van der Waals surface area contributed by atoms with Crippen molar-refractivity contribution < 1.29 is 34.2 Å². The summed E-state index contributed by atoms with van der Waals surface area (Å²) in [6, 6.07) is -1.05. The molecule has 5 aliphatic rings. The number of hydrazine groups is 1. The number of β-lactam (4-membered cyclic amide) rings is 1. The van der Waals surface area contributed by atoms with Crippen LogP contribution in [0, 0.1) is 0 Å². The van der Waals surface area contributed by atoms with Crippen LogP contribution in [0.15, 0.2) is 56.4 Å². The lowest BCUT2D eigenvalue weighted by Crippen LogP contribution is -2.71. The Balaban J connectivity index is 1.19. The monoisotopic (exact) mass is 674 g/mol. The molecule has 0 bridgehead atoms. The van der Waals surface area contributed by atoms with Gasteiger partial charge in [0.1, 0.15) is 28.6 Å². The first kappa shape index (κ1) is 30.8. The molecular formula is C27H30N8O7S3. The summed E-state index contributed by atoms with van der Waals surface area (Å²) in [5.41, 5.74) is 7.71. The number of carboxylic acid groups (broad SMARTS) is 2. The van der Waals surface area contributed by atoms with Gasteiger partial charge in [-0.2, -0.15) is 0 Å². The van der Waals surface area contributed by atoms with Gasteiger partial charge in [-0.05, 0) is 42.9 Å². The summed E-state index contributed by atoms with van der Waals surface area (Å²) in [6.45, 7) is 2.81. The zero-order valence-electron chi connectivity index (χ0n) is 24.0. The smallest absolute Gasteiger partial charge is 0.352 e. The number of nitrogens with one attached hydrogen (secondary N) is 2. The predicted octanol–water partition coefficient (Wildman–Crippen LogP) is 1.62. The molecule has 5 heterocycles. The molecule has 1 unspecified atom stereocenters. The quantitative estimate of drug-likeness (QED) is 0.129. The first-order valence-corrected chi connectivity index (χ1v) is 16.9. The number of nitrogen functional groups attached to an aromatic ring is 1. The number of hydrogen-bond donors (Lipinski definition) is 5. The lowest BCUT2D eigenvalue weighted by Gasteiger charge is -2.49. The molecule has 2 fully saturated rings. The number of thioether (sulfide) groups is 2. The number of thiazole rings is 1. The molecule has 2 atom stereocenters. The van der Waals surface area contributed by atoms with Gasteiger partial charge in [0.2, 0.25) is 5.60 Å². The van der Waals surface area contributed by atoms with E-state index < -0.39 is 40.8 Å². The van der Waals surface area contributed by atoms with Crippen LogP contribution >= 0.6 is 34.9 Å². The van der Waals surface area contributed by atoms with E-state index in [1.807, 2.05) is 40.6 Å². The average Bonchev–Trinajstić information content (AvgIpc) is 3.79. The van der Waals surface area contributed by atoms with Gasteiger partial charge in [-0.15, -0.1) is 23.1 Å². The summed E-state index contributed by atoms with van der Waals surface area (Å²) < 4.78 is 0. The van der Waals surface area contributed by atoms with Gasteiger partial charge in [0.25, 0.3) is 11.8 Å². The van der Waals surface area contributed by atoms with E-state index in [0.29, 0.717) is 30.7 Å². The fraction of sp³-hybridized carbons (Fsp3) is 0.407. The Hall–Kier alpha value is -4.16. The topological polar surface area (TPSA) is 203 Å². The van der Waals surface area contributed by atoms with E-state index in [-0.39, 0.29) is 41.6 Å². The molecule has 238 valence electrons. The Morgan fingerprint density at radius 1 is 1.29 bits per heavy atom. The zero-order chi connectivity index (χ0) is 31.9. The summed E-state index contributed by atoms with van der Waals surface area (Å²) in [4.78, 5) is 64.1. The van der Waals surface area contributed by atoms with Gasteiger partial charge in [0, 0.05) is 43.3 Å². The molecule has 6 N–H and O–H groups in total. The molecule has 0 spiro atoms. The number of anilines is 1.